The Labute approximate surface area is 124 Å². The van der Waals surface area contributed by atoms with E-state index in [0.717, 1.165) is 12.8 Å². The van der Waals surface area contributed by atoms with Crippen LogP contribution in [0.1, 0.15) is 39.5 Å². The van der Waals surface area contributed by atoms with Crippen molar-refractivity contribution in [2.45, 2.75) is 45.6 Å². The first kappa shape index (κ1) is 17.3. The first-order chi connectivity index (χ1) is 9.85. The molecule has 0 saturated carbocycles. The zero-order valence-corrected chi connectivity index (χ0v) is 12.8. The van der Waals surface area contributed by atoms with E-state index in [1.165, 1.54) is 12.0 Å². The summed E-state index contributed by atoms with van der Waals surface area (Å²) in [7, 11) is 1.30. The largest absolute Gasteiger partial charge is 0.481 e. The van der Waals surface area contributed by atoms with Crippen molar-refractivity contribution in [3.63, 3.8) is 0 Å². The molecule has 7 nitrogen and oxygen atoms in total. The molecule has 0 aromatic rings. The second kappa shape index (κ2) is 7.28. The van der Waals surface area contributed by atoms with Crippen LogP contribution in [-0.2, 0) is 14.3 Å². The fourth-order valence-corrected chi connectivity index (χ4v) is 2.28. The van der Waals surface area contributed by atoms with Crippen molar-refractivity contribution in [1.82, 2.24) is 10.2 Å². The number of carboxylic acids is 1. The summed E-state index contributed by atoms with van der Waals surface area (Å²) < 4.78 is 4.72. The van der Waals surface area contributed by atoms with Gasteiger partial charge in [-0.25, -0.2) is 9.59 Å². The van der Waals surface area contributed by atoms with Gasteiger partial charge in [-0.15, -0.1) is 0 Å². The van der Waals surface area contributed by atoms with Crippen molar-refractivity contribution < 1.29 is 24.2 Å². The third-order valence-electron chi connectivity index (χ3n) is 4.16. The van der Waals surface area contributed by atoms with Gasteiger partial charge in [0.25, 0.3) is 0 Å². The molecule has 0 bridgehead atoms. The summed E-state index contributed by atoms with van der Waals surface area (Å²) in [5.41, 5.74) is -1.01. The first-order valence-corrected chi connectivity index (χ1v) is 7.21. The number of hydrogen-bond donors (Lipinski definition) is 2. The topological polar surface area (TPSA) is 95.9 Å². The molecule has 120 valence electrons. The van der Waals surface area contributed by atoms with Crippen molar-refractivity contribution >= 4 is 18.0 Å². The number of rotatable bonds is 5. The van der Waals surface area contributed by atoms with E-state index < -0.39 is 29.4 Å². The van der Waals surface area contributed by atoms with Crippen LogP contribution in [0.4, 0.5) is 4.79 Å². The summed E-state index contributed by atoms with van der Waals surface area (Å²) in [5, 5.41) is 11.8. The average Bonchev–Trinajstić information content (AvgIpc) is 2.51. The molecular formula is C14H24N2O5. The van der Waals surface area contributed by atoms with Gasteiger partial charge >= 0.3 is 18.0 Å². The second-order valence-corrected chi connectivity index (χ2v) is 5.61. The number of carboxylic acid groups (broad SMARTS) is 1. The van der Waals surface area contributed by atoms with Crippen LogP contribution in [0.25, 0.3) is 0 Å². The predicted octanol–water partition coefficient (Wildman–Crippen LogP) is 1.22. The van der Waals surface area contributed by atoms with Crippen LogP contribution in [0.5, 0.6) is 0 Å². The summed E-state index contributed by atoms with van der Waals surface area (Å²) in [6.07, 6.45) is 2.67. The molecule has 0 radical (unpaired) electrons. The lowest BCUT2D eigenvalue weighted by Crippen LogP contribution is -2.54. The van der Waals surface area contributed by atoms with E-state index in [-0.39, 0.29) is 6.54 Å². The van der Waals surface area contributed by atoms with E-state index in [1.54, 1.807) is 13.8 Å². The van der Waals surface area contributed by atoms with Gasteiger partial charge in [-0.2, -0.15) is 0 Å². The number of esters is 1. The lowest BCUT2D eigenvalue weighted by Gasteiger charge is -2.34. The molecule has 1 aliphatic heterocycles. The molecule has 1 saturated heterocycles. The lowest BCUT2D eigenvalue weighted by atomic mass is 9.88. The number of nitrogens with zero attached hydrogens (tertiary/aromatic N) is 1. The zero-order valence-electron chi connectivity index (χ0n) is 12.8. The number of likely N-dealkylation sites (tertiary alicyclic amines) is 1. The Morgan fingerprint density at radius 3 is 2.57 bits per heavy atom. The van der Waals surface area contributed by atoms with Gasteiger partial charge in [0.05, 0.1) is 12.5 Å². The maximum atomic E-state index is 12.2. The van der Waals surface area contributed by atoms with Gasteiger partial charge in [0.2, 0.25) is 0 Å². The average molecular weight is 300 g/mol. The van der Waals surface area contributed by atoms with E-state index in [9.17, 15) is 19.5 Å². The van der Waals surface area contributed by atoms with E-state index in [2.05, 4.69) is 5.32 Å². The molecule has 2 unspecified atom stereocenters. The minimum absolute atomic E-state index is 0.0298. The second-order valence-electron chi connectivity index (χ2n) is 5.61. The Kier molecular flexibility index (Phi) is 5.99. The van der Waals surface area contributed by atoms with Gasteiger partial charge in [-0.05, 0) is 32.6 Å². The molecule has 2 amide bonds. The van der Waals surface area contributed by atoms with Crippen LogP contribution < -0.4 is 5.32 Å². The molecule has 2 N–H and O–H groups in total. The predicted molar refractivity (Wildman–Crippen MR) is 75.8 cm³/mol. The fourth-order valence-electron chi connectivity index (χ4n) is 2.28. The molecule has 1 heterocycles. The molecule has 1 fully saturated rings. The van der Waals surface area contributed by atoms with Crippen LogP contribution in [0.15, 0.2) is 0 Å². The van der Waals surface area contributed by atoms with Gasteiger partial charge in [-0.1, -0.05) is 6.92 Å². The van der Waals surface area contributed by atoms with Gasteiger partial charge in [-0.3, -0.25) is 4.79 Å². The van der Waals surface area contributed by atoms with Crippen LogP contribution in [0, 0.1) is 5.41 Å². The van der Waals surface area contributed by atoms with Crippen molar-refractivity contribution in [3.8, 4) is 0 Å². The summed E-state index contributed by atoms with van der Waals surface area (Å²) in [6, 6.07) is -0.993. The van der Waals surface area contributed by atoms with Gasteiger partial charge in [0, 0.05) is 13.1 Å². The number of ether oxygens (including phenoxy) is 1. The fraction of sp³-hybridized carbons (Fsp3) is 0.786. The highest BCUT2D eigenvalue weighted by Gasteiger charge is 2.35. The molecule has 0 spiro atoms. The molecule has 2 atom stereocenters. The van der Waals surface area contributed by atoms with Crippen LogP contribution in [0.2, 0.25) is 0 Å². The van der Waals surface area contributed by atoms with Crippen molar-refractivity contribution in [1.29, 1.82) is 0 Å². The molecule has 21 heavy (non-hydrogen) atoms. The number of nitrogens with one attached hydrogen (secondary N) is 1. The molecule has 0 aromatic heterocycles. The molecule has 0 aliphatic carbocycles. The normalized spacial score (nSPS) is 21.3. The number of piperidine rings is 1. The number of urea groups is 1. The van der Waals surface area contributed by atoms with Gasteiger partial charge < -0.3 is 20.1 Å². The van der Waals surface area contributed by atoms with Gasteiger partial charge in [0.1, 0.15) is 6.04 Å². The number of carbonyl (C=O) groups is 3. The monoisotopic (exact) mass is 300 g/mol. The quantitative estimate of drug-likeness (QED) is 0.744. The van der Waals surface area contributed by atoms with E-state index >= 15 is 0 Å². The maximum Gasteiger partial charge on any atom is 0.328 e. The Morgan fingerprint density at radius 2 is 2.05 bits per heavy atom. The van der Waals surface area contributed by atoms with E-state index in [1.807, 2.05) is 0 Å². The zero-order chi connectivity index (χ0) is 16.0. The SMILES string of the molecule is CCC(C)(CNC(=O)N1CCCCC1C(=O)OC)C(=O)O. The first-order valence-electron chi connectivity index (χ1n) is 7.21. The highest BCUT2D eigenvalue weighted by Crippen LogP contribution is 2.21. The van der Waals surface area contributed by atoms with Crippen molar-refractivity contribution in [2.24, 2.45) is 5.41 Å². The van der Waals surface area contributed by atoms with Gasteiger partial charge in [0.15, 0.2) is 0 Å². The smallest absolute Gasteiger partial charge is 0.328 e. The summed E-state index contributed by atoms with van der Waals surface area (Å²) in [4.78, 5) is 36.6. The summed E-state index contributed by atoms with van der Waals surface area (Å²) in [5.74, 6) is -1.38. The van der Waals surface area contributed by atoms with Crippen LogP contribution >= 0.6 is 0 Å². The van der Waals surface area contributed by atoms with Crippen molar-refractivity contribution in [3.05, 3.63) is 0 Å². The standard InChI is InChI=1S/C14H24N2O5/c1-4-14(2,12(18)19)9-15-13(20)16-8-6-5-7-10(16)11(17)21-3/h10H,4-9H2,1-3H3,(H,15,20)(H,18,19). The maximum absolute atomic E-state index is 12.2. The third-order valence-corrected chi connectivity index (χ3v) is 4.16. The molecule has 1 rings (SSSR count). The van der Waals surface area contributed by atoms with E-state index in [0.29, 0.717) is 19.4 Å². The molecular weight excluding hydrogens is 276 g/mol. The third kappa shape index (κ3) is 4.09. The molecule has 7 heteroatoms. The Morgan fingerprint density at radius 1 is 1.38 bits per heavy atom. The Hall–Kier alpha value is -1.79. The van der Waals surface area contributed by atoms with Crippen LogP contribution in [0.3, 0.4) is 0 Å². The summed E-state index contributed by atoms with van der Waals surface area (Å²) >= 11 is 0. The lowest BCUT2D eigenvalue weighted by molar-refractivity contribution is -0.148. The van der Waals surface area contributed by atoms with E-state index in [4.69, 9.17) is 4.74 Å². The highest BCUT2D eigenvalue weighted by atomic mass is 16.5. The van der Waals surface area contributed by atoms with Crippen molar-refractivity contribution in [2.75, 3.05) is 20.2 Å². The van der Waals surface area contributed by atoms with Crippen LogP contribution in [-0.4, -0.2) is 54.2 Å². The number of amides is 2. The Bertz CT molecular complexity index is 412. The molecule has 0 aromatic carbocycles. The number of aliphatic carboxylic acids is 1. The number of carbonyl (C=O) groups excluding carboxylic acids is 2. The summed E-state index contributed by atoms with van der Waals surface area (Å²) in [6.45, 7) is 3.85. The Balaban J connectivity index is 2.68. The minimum Gasteiger partial charge on any atom is -0.481 e. The minimum atomic E-state index is -1.01. The number of hydrogen-bond acceptors (Lipinski definition) is 4. The number of methoxy groups -OCH3 is 1. The highest BCUT2D eigenvalue weighted by molar-refractivity contribution is 5.84. The molecule has 1 aliphatic rings.